The Labute approximate surface area is 158 Å². The number of nitrogens with zero attached hydrogens (tertiary/aromatic N) is 1. The Bertz CT molecular complexity index is 1030. The first-order valence-electron chi connectivity index (χ1n) is 7.64. The van der Waals surface area contributed by atoms with Crippen LogP contribution < -0.4 is 5.32 Å². The fourth-order valence-corrected chi connectivity index (χ4v) is 4.46. The van der Waals surface area contributed by atoms with Gasteiger partial charge in [-0.2, -0.15) is 4.37 Å². The number of carbonyl (C=O) groups excluding carboxylic acids is 1. The van der Waals surface area contributed by atoms with Crippen molar-refractivity contribution in [1.82, 2.24) is 4.37 Å². The molecule has 124 valence electrons. The van der Waals surface area contributed by atoms with Crippen LogP contribution in [0.1, 0.15) is 15.4 Å². The molecule has 2 aromatic carbocycles. The van der Waals surface area contributed by atoms with Crippen molar-refractivity contribution >= 4 is 56.2 Å². The summed E-state index contributed by atoms with van der Waals surface area (Å²) in [6, 6.07) is 18.3. The molecule has 4 rings (SSSR count). The number of nitrogens with one attached hydrogen (secondary N) is 1. The maximum absolute atomic E-state index is 12.3. The van der Waals surface area contributed by atoms with Gasteiger partial charge < -0.3 is 5.32 Å². The molecule has 0 aliphatic heterocycles. The third-order valence-electron chi connectivity index (χ3n) is 3.86. The monoisotopic (exact) mass is 384 g/mol. The molecular weight excluding hydrogens is 372 g/mol. The number of aromatic nitrogens is 1. The zero-order chi connectivity index (χ0) is 17.4. The number of hydrogen-bond donors (Lipinski definition) is 1. The van der Waals surface area contributed by atoms with E-state index in [-0.39, 0.29) is 11.6 Å². The molecule has 0 bridgehead atoms. The van der Waals surface area contributed by atoms with Crippen LogP contribution in [0.4, 0.5) is 5.69 Å². The summed E-state index contributed by atoms with van der Waals surface area (Å²) in [7, 11) is 0. The highest BCUT2D eigenvalue weighted by molar-refractivity contribution is 7.22. The molecule has 0 atom stereocenters. The lowest BCUT2D eigenvalue weighted by molar-refractivity contribution is 0.102. The van der Waals surface area contributed by atoms with Gasteiger partial charge in [0.2, 0.25) is 0 Å². The van der Waals surface area contributed by atoms with Crippen molar-refractivity contribution in [2.75, 3.05) is 5.32 Å². The minimum absolute atomic E-state index is 0.276. The van der Waals surface area contributed by atoms with Gasteiger partial charge in [0.05, 0.1) is 5.02 Å². The number of halogens is 1. The highest BCUT2D eigenvalue weighted by Gasteiger charge is 2.16. The van der Waals surface area contributed by atoms with Gasteiger partial charge in [-0.1, -0.05) is 41.9 Å². The third kappa shape index (κ3) is 3.18. The van der Waals surface area contributed by atoms with E-state index in [1.54, 1.807) is 11.3 Å². The Morgan fingerprint density at radius 1 is 1.12 bits per heavy atom. The second-order valence-electron chi connectivity index (χ2n) is 5.58. The maximum atomic E-state index is 12.3. The molecule has 0 aliphatic carbocycles. The van der Waals surface area contributed by atoms with E-state index < -0.39 is 0 Å². The lowest BCUT2D eigenvalue weighted by Crippen LogP contribution is -2.12. The quantitative estimate of drug-likeness (QED) is 0.454. The Morgan fingerprint density at radius 3 is 2.56 bits per heavy atom. The van der Waals surface area contributed by atoms with Crippen molar-refractivity contribution in [2.24, 2.45) is 0 Å². The van der Waals surface area contributed by atoms with Crippen LogP contribution in [0.2, 0.25) is 5.02 Å². The predicted molar refractivity (Wildman–Crippen MR) is 107 cm³/mol. The molecule has 2 aromatic heterocycles. The Morgan fingerprint density at radius 2 is 1.88 bits per heavy atom. The van der Waals surface area contributed by atoms with E-state index in [9.17, 15) is 4.79 Å². The van der Waals surface area contributed by atoms with Crippen molar-refractivity contribution < 1.29 is 4.79 Å². The summed E-state index contributed by atoms with van der Waals surface area (Å²) < 4.78 is 5.37. The molecule has 0 saturated carbocycles. The Balaban J connectivity index is 1.55. The highest BCUT2D eigenvalue weighted by Crippen LogP contribution is 2.34. The molecule has 0 unspecified atom stereocenters. The smallest absolute Gasteiger partial charge is 0.276 e. The normalized spacial score (nSPS) is 11.0. The molecule has 4 aromatic rings. The Kier molecular flexibility index (Phi) is 4.29. The van der Waals surface area contributed by atoms with Gasteiger partial charge in [-0.3, -0.25) is 4.79 Å². The standard InChI is InChI=1S/C19H13ClN2OS2/c1-11-17(20)18(22-25-11)19(23)21-14-8-6-12(7-9-14)16-10-13-4-2-3-5-15(13)24-16/h2-10H,1H3,(H,21,23). The SMILES string of the molecule is Cc1snc(C(=O)Nc2ccc(-c3cc4ccccc4s3)cc2)c1Cl. The number of aryl methyl sites for hydroxylation is 1. The first-order chi connectivity index (χ1) is 12.1. The van der Waals surface area contributed by atoms with Crippen LogP contribution in [0.15, 0.2) is 54.6 Å². The largest absolute Gasteiger partial charge is 0.321 e. The predicted octanol–water partition coefficient (Wildman–Crippen LogP) is 6.24. The Hall–Kier alpha value is -2.21. The first kappa shape index (κ1) is 16.3. The molecule has 6 heteroatoms. The van der Waals surface area contributed by atoms with Crippen LogP contribution in [0.5, 0.6) is 0 Å². The molecule has 0 aliphatic rings. The summed E-state index contributed by atoms with van der Waals surface area (Å²) >= 11 is 9.09. The minimum Gasteiger partial charge on any atom is -0.321 e. The van der Waals surface area contributed by atoms with Crippen LogP contribution in [0, 0.1) is 6.92 Å². The molecule has 0 saturated heterocycles. The van der Waals surface area contributed by atoms with Gasteiger partial charge in [-0.05, 0) is 53.7 Å². The van der Waals surface area contributed by atoms with E-state index in [2.05, 4.69) is 27.9 Å². The molecule has 2 heterocycles. The van der Waals surface area contributed by atoms with Crippen molar-refractivity contribution in [3.05, 3.63) is 70.2 Å². The van der Waals surface area contributed by atoms with Crippen LogP contribution in [0.3, 0.4) is 0 Å². The van der Waals surface area contributed by atoms with Gasteiger partial charge in [0.25, 0.3) is 5.91 Å². The van der Waals surface area contributed by atoms with E-state index in [1.165, 1.54) is 26.5 Å². The van der Waals surface area contributed by atoms with Crippen LogP contribution >= 0.6 is 34.5 Å². The molecule has 0 radical (unpaired) electrons. The van der Waals surface area contributed by atoms with E-state index in [0.29, 0.717) is 5.02 Å². The molecule has 3 nitrogen and oxygen atoms in total. The number of carbonyl (C=O) groups is 1. The topological polar surface area (TPSA) is 42.0 Å². The summed E-state index contributed by atoms with van der Waals surface area (Å²) in [6.45, 7) is 1.84. The second-order valence-corrected chi connectivity index (χ2v) is 8.02. The summed E-state index contributed by atoms with van der Waals surface area (Å²) in [4.78, 5) is 14.3. The van der Waals surface area contributed by atoms with Crippen LogP contribution in [-0.4, -0.2) is 10.3 Å². The average Bonchev–Trinajstić information content (AvgIpc) is 3.19. The number of thiophene rings is 1. The summed E-state index contributed by atoms with van der Waals surface area (Å²) in [6.07, 6.45) is 0. The number of amides is 1. The maximum Gasteiger partial charge on any atom is 0.276 e. The summed E-state index contributed by atoms with van der Waals surface area (Å²) in [5.41, 5.74) is 2.12. The van der Waals surface area contributed by atoms with Crippen molar-refractivity contribution in [1.29, 1.82) is 0 Å². The lowest BCUT2D eigenvalue weighted by Gasteiger charge is -2.05. The molecule has 0 fully saturated rings. The number of rotatable bonds is 3. The number of anilines is 1. The van der Waals surface area contributed by atoms with Gasteiger partial charge in [-0.25, -0.2) is 0 Å². The van der Waals surface area contributed by atoms with E-state index in [0.717, 1.165) is 16.1 Å². The van der Waals surface area contributed by atoms with E-state index in [1.807, 2.05) is 43.3 Å². The lowest BCUT2D eigenvalue weighted by atomic mass is 10.1. The number of benzene rings is 2. The fraction of sp³-hybridized carbons (Fsp3) is 0.0526. The molecule has 25 heavy (non-hydrogen) atoms. The molecule has 1 amide bonds. The van der Waals surface area contributed by atoms with Crippen molar-refractivity contribution in [3.63, 3.8) is 0 Å². The van der Waals surface area contributed by atoms with Crippen molar-refractivity contribution in [3.8, 4) is 10.4 Å². The van der Waals surface area contributed by atoms with Gasteiger partial charge in [0.15, 0.2) is 5.69 Å². The zero-order valence-electron chi connectivity index (χ0n) is 13.2. The highest BCUT2D eigenvalue weighted by atomic mass is 35.5. The van der Waals surface area contributed by atoms with Crippen LogP contribution in [-0.2, 0) is 0 Å². The fourth-order valence-electron chi connectivity index (χ4n) is 2.53. The molecule has 1 N–H and O–H groups in total. The van der Waals surface area contributed by atoms with E-state index >= 15 is 0 Å². The molecule has 0 spiro atoms. The first-order valence-corrected chi connectivity index (χ1v) is 9.61. The number of hydrogen-bond acceptors (Lipinski definition) is 4. The minimum atomic E-state index is -0.288. The summed E-state index contributed by atoms with van der Waals surface area (Å²) in [5, 5.41) is 4.51. The van der Waals surface area contributed by atoms with Gasteiger partial charge >= 0.3 is 0 Å². The zero-order valence-corrected chi connectivity index (χ0v) is 15.6. The van der Waals surface area contributed by atoms with Crippen LogP contribution in [0.25, 0.3) is 20.5 Å². The van der Waals surface area contributed by atoms with Crippen molar-refractivity contribution in [2.45, 2.75) is 6.92 Å². The number of fused-ring (bicyclic) bond motifs is 1. The summed E-state index contributed by atoms with van der Waals surface area (Å²) in [5.74, 6) is -0.288. The third-order valence-corrected chi connectivity index (χ3v) is 6.35. The molecular formula is C19H13ClN2OS2. The van der Waals surface area contributed by atoms with Gasteiger partial charge in [-0.15, -0.1) is 11.3 Å². The van der Waals surface area contributed by atoms with Gasteiger partial charge in [0, 0.05) is 20.1 Å². The average molecular weight is 385 g/mol. The van der Waals surface area contributed by atoms with E-state index in [4.69, 9.17) is 11.6 Å². The second kappa shape index (κ2) is 6.59. The van der Waals surface area contributed by atoms with Gasteiger partial charge in [0.1, 0.15) is 0 Å².